The van der Waals surface area contributed by atoms with Crippen molar-refractivity contribution in [3.05, 3.63) is 0 Å². The highest BCUT2D eigenvalue weighted by Gasteiger charge is 2.39. The molecule has 0 radical (unpaired) electrons. The first-order valence-corrected chi connectivity index (χ1v) is 19.6. The van der Waals surface area contributed by atoms with E-state index in [1.807, 2.05) is 6.92 Å². The maximum Gasteiger partial charge on any atom is 0.322 e. The van der Waals surface area contributed by atoms with E-state index in [1.54, 1.807) is 20.8 Å². The number of rotatable bonds is 26. The molecule has 0 aromatic carbocycles. The highest BCUT2D eigenvalue weighted by molar-refractivity contribution is 5.97. The lowest BCUT2D eigenvalue weighted by atomic mass is 9.98. The van der Waals surface area contributed by atoms with Gasteiger partial charge in [-0.15, -0.1) is 0 Å². The van der Waals surface area contributed by atoms with Crippen molar-refractivity contribution in [1.82, 2.24) is 36.8 Å². The smallest absolute Gasteiger partial charge is 0.322 e. The number of nitrogens with one attached hydrogen (secondary N) is 6. The largest absolute Gasteiger partial charge is 0.481 e. The number of aliphatic imine (C=N–C) groups is 1. The standard InChI is InChI=1S/C36H63N11O12/c1-6-19(4)28(37)35(59)47-14-8-10-25(47)34(58)44-22(11-12-26(49)50)31(55)46-24(17-48)33(57)45-23(15-18(2)3)32(56)43-21(9-7-13-40-36(38)39)30(54)42-20(5)29(53)41-16-27(51)52/h18-25,28,48H,6-17,37H2,1-5H3,(H,41,53)(H,42,54)(H,43,56)(H,44,58)(H,45,57)(H,46,55)(H,49,50)(H,51,52)(H4,38,39,40)/t19-,20-,21-,22-,23-,24-,25-,28-/m0/s1. The molecule has 1 fully saturated rings. The van der Waals surface area contributed by atoms with Crippen LogP contribution in [0.5, 0.6) is 0 Å². The zero-order valence-corrected chi connectivity index (χ0v) is 34.3. The number of carbonyl (C=O) groups excluding carboxylic acids is 7. The molecular weight excluding hydrogens is 778 g/mol. The average Bonchev–Trinajstić information content (AvgIpc) is 3.67. The van der Waals surface area contributed by atoms with Gasteiger partial charge in [-0.05, 0) is 57.3 Å². The number of nitrogens with two attached hydrogens (primary N) is 3. The van der Waals surface area contributed by atoms with Crippen LogP contribution in [0.25, 0.3) is 0 Å². The van der Waals surface area contributed by atoms with Crippen LogP contribution in [-0.2, 0) is 43.2 Å². The van der Waals surface area contributed by atoms with Crippen LogP contribution in [-0.4, -0.2) is 148 Å². The number of nitrogens with zero attached hydrogens (tertiary/aromatic N) is 2. The van der Waals surface area contributed by atoms with Gasteiger partial charge >= 0.3 is 11.9 Å². The monoisotopic (exact) mass is 841 g/mol. The van der Waals surface area contributed by atoms with E-state index in [4.69, 9.17) is 22.3 Å². The van der Waals surface area contributed by atoms with Crippen LogP contribution in [0.2, 0.25) is 0 Å². The van der Waals surface area contributed by atoms with E-state index in [0.717, 1.165) is 0 Å². The minimum atomic E-state index is -1.70. The molecule has 23 nitrogen and oxygen atoms in total. The molecule has 1 rings (SSSR count). The summed E-state index contributed by atoms with van der Waals surface area (Å²) in [4.78, 5) is 120. The molecular formula is C36H63N11O12. The summed E-state index contributed by atoms with van der Waals surface area (Å²) in [5.41, 5.74) is 16.9. The lowest BCUT2D eigenvalue weighted by Crippen LogP contribution is -2.60. The zero-order valence-electron chi connectivity index (χ0n) is 34.3. The minimum absolute atomic E-state index is 0.00853. The number of carbonyl (C=O) groups is 9. The number of aliphatic hydroxyl groups excluding tert-OH is 1. The zero-order chi connectivity index (χ0) is 45.0. The van der Waals surface area contributed by atoms with Gasteiger partial charge in [0.1, 0.15) is 42.8 Å². The summed E-state index contributed by atoms with van der Waals surface area (Å²) in [5, 5.41) is 42.7. The molecule has 1 saturated heterocycles. The Labute approximate surface area is 342 Å². The second-order valence-corrected chi connectivity index (χ2v) is 14.9. The van der Waals surface area contributed by atoms with Gasteiger partial charge in [0, 0.05) is 19.5 Å². The molecule has 0 bridgehead atoms. The van der Waals surface area contributed by atoms with Gasteiger partial charge in [-0.1, -0.05) is 34.1 Å². The number of guanidine groups is 1. The van der Waals surface area contributed by atoms with Crippen molar-refractivity contribution in [3.63, 3.8) is 0 Å². The molecule has 1 heterocycles. The molecule has 15 N–H and O–H groups in total. The van der Waals surface area contributed by atoms with E-state index in [2.05, 4.69) is 36.9 Å². The molecule has 7 amide bonds. The molecule has 23 heteroatoms. The van der Waals surface area contributed by atoms with Crippen LogP contribution in [0.4, 0.5) is 0 Å². The fourth-order valence-corrected chi connectivity index (χ4v) is 5.98. The number of amides is 7. The first kappa shape index (κ1) is 51.4. The van der Waals surface area contributed by atoms with Crippen molar-refractivity contribution in [2.24, 2.45) is 34.0 Å². The molecule has 1 aliphatic heterocycles. The van der Waals surface area contributed by atoms with Gasteiger partial charge < -0.3 is 69.3 Å². The highest BCUT2D eigenvalue weighted by atomic mass is 16.4. The van der Waals surface area contributed by atoms with Crippen molar-refractivity contribution < 1.29 is 58.5 Å². The van der Waals surface area contributed by atoms with Gasteiger partial charge in [0.05, 0.1) is 12.6 Å². The van der Waals surface area contributed by atoms with E-state index in [-0.39, 0.29) is 56.6 Å². The fourth-order valence-electron chi connectivity index (χ4n) is 5.98. The number of hydrogen-bond donors (Lipinski definition) is 12. The molecule has 59 heavy (non-hydrogen) atoms. The first-order chi connectivity index (χ1) is 27.6. The average molecular weight is 842 g/mol. The Balaban J connectivity index is 3.21. The van der Waals surface area contributed by atoms with Crippen LogP contribution in [0.3, 0.4) is 0 Å². The van der Waals surface area contributed by atoms with Crippen molar-refractivity contribution in [2.45, 2.75) is 128 Å². The first-order valence-electron chi connectivity index (χ1n) is 19.6. The third-order valence-corrected chi connectivity index (χ3v) is 9.56. The number of hydrogen-bond acceptors (Lipinski definition) is 12. The van der Waals surface area contributed by atoms with Crippen LogP contribution < -0.4 is 49.1 Å². The predicted octanol–water partition coefficient (Wildman–Crippen LogP) is -4.05. The Morgan fingerprint density at radius 2 is 1.32 bits per heavy atom. The van der Waals surface area contributed by atoms with Crippen LogP contribution >= 0.6 is 0 Å². The van der Waals surface area contributed by atoms with E-state index in [0.29, 0.717) is 12.8 Å². The maximum absolute atomic E-state index is 13.7. The SMILES string of the molecule is CC[C@H](C)[C@H](N)C(=O)N1CCC[C@H]1C(=O)N[C@@H](CCC(=O)O)C(=O)N[C@@H](CO)C(=O)N[C@@H](CC(C)C)C(=O)N[C@@H](CCCN=C(N)N)C(=O)N[C@@H](C)C(=O)NCC(=O)O. The number of aliphatic carboxylic acids is 2. The van der Waals surface area contributed by atoms with E-state index >= 15 is 0 Å². The van der Waals surface area contributed by atoms with Crippen molar-refractivity contribution in [2.75, 3.05) is 26.2 Å². The van der Waals surface area contributed by atoms with E-state index in [1.165, 1.54) is 11.8 Å². The Kier molecular flexibility index (Phi) is 22.4. The summed E-state index contributed by atoms with van der Waals surface area (Å²) >= 11 is 0. The molecule has 1 aliphatic rings. The summed E-state index contributed by atoms with van der Waals surface area (Å²) in [6.07, 6.45) is 0.528. The van der Waals surface area contributed by atoms with Crippen LogP contribution in [0, 0.1) is 11.8 Å². The molecule has 0 aliphatic carbocycles. The summed E-state index contributed by atoms with van der Waals surface area (Å²) in [6, 6.07) is -8.92. The van der Waals surface area contributed by atoms with Crippen molar-refractivity contribution >= 4 is 59.2 Å². The molecule has 8 atom stereocenters. The van der Waals surface area contributed by atoms with E-state index in [9.17, 15) is 53.4 Å². The Bertz CT molecular complexity index is 1520. The van der Waals surface area contributed by atoms with Gasteiger partial charge in [-0.2, -0.15) is 0 Å². The van der Waals surface area contributed by atoms with Crippen LogP contribution in [0.1, 0.15) is 86.0 Å². The predicted molar refractivity (Wildman–Crippen MR) is 211 cm³/mol. The van der Waals surface area contributed by atoms with Gasteiger partial charge in [0.25, 0.3) is 0 Å². The maximum atomic E-state index is 13.7. The van der Waals surface area contributed by atoms with E-state index < -0.39 is 122 Å². The fraction of sp³-hybridized carbons (Fsp3) is 0.722. The third kappa shape index (κ3) is 18.3. The quantitative estimate of drug-likeness (QED) is 0.0224. The second-order valence-electron chi connectivity index (χ2n) is 14.9. The Morgan fingerprint density at radius 3 is 1.88 bits per heavy atom. The second kappa shape index (κ2) is 25.7. The lowest BCUT2D eigenvalue weighted by Gasteiger charge is -2.30. The summed E-state index contributed by atoms with van der Waals surface area (Å²) in [5.74, 6) is -8.91. The molecule has 0 saturated carbocycles. The Morgan fingerprint density at radius 1 is 0.763 bits per heavy atom. The number of aliphatic hydroxyl groups is 1. The topological polar surface area (TPSA) is 380 Å². The summed E-state index contributed by atoms with van der Waals surface area (Å²) < 4.78 is 0. The van der Waals surface area contributed by atoms with Gasteiger partial charge in [0.2, 0.25) is 41.4 Å². The van der Waals surface area contributed by atoms with Crippen molar-refractivity contribution in [1.29, 1.82) is 0 Å². The number of likely N-dealkylation sites (tertiary alicyclic amines) is 1. The Hall–Kier alpha value is -5.58. The molecule has 0 aromatic rings. The number of carboxylic acid groups (broad SMARTS) is 2. The molecule has 0 spiro atoms. The molecule has 334 valence electrons. The van der Waals surface area contributed by atoms with Crippen LogP contribution in [0.15, 0.2) is 4.99 Å². The minimum Gasteiger partial charge on any atom is -0.481 e. The lowest BCUT2D eigenvalue weighted by molar-refractivity contribution is -0.141. The van der Waals surface area contributed by atoms with Gasteiger partial charge in [-0.3, -0.25) is 48.1 Å². The van der Waals surface area contributed by atoms with Crippen molar-refractivity contribution in [3.8, 4) is 0 Å². The normalized spacial score (nSPS) is 17.2. The third-order valence-electron chi connectivity index (χ3n) is 9.56. The molecule has 0 aromatic heterocycles. The van der Waals surface area contributed by atoms with Gasteiger partial charge in [-0.25, -0.2) is 0 Å². The number of carboxylic acids is 2. The molecule has 0 unspecified atom stereocenters. The summed E-state index contributed by atoms with van der Waals surface area (Å²) in [7, 11) is 0. The van der Waals surface area contributed by atoms with Gasteiger partial charge in [0.15, 0.2) is 5.96 Å². The summed E-state index contributed by atoms with van der Waals surface area (Å²) in [6.45, 7) is 7.08. The highest BCUT2D eigenvalue weighted by Crippen LogP contribution is 2.21.